The topological polar surface area (TPSA) is 30.2 Å². The zero-order valence-corrected chi connectivity index (χ0v) is 12.4. The maximum absolute atomic E-state index is 4.62. The lowest BCUT2D eigenvalue weighted by molar-refractivity contribution is 0.599. The Labute approximate surface area is 121 Å². The van der Waals surface area contributed by atoms with E-state index in [4.69, 9.17) is 0 Å². The number of aromatic nitrogens is 2. The van der Waals surface area contributed by atoms with E-state index >= 15 is 0 Å². The van der Waals surface area contributed by atoms with Gasteiger partial charge >= 0.3 is 0 Å². The molecule has 0 fully saturated rings. The predicted octanol–water partition coefficient (Wildman–Crippen LogP) is 4.25. The summed E-state index contributed by atoms with van der Waals surface area (Å²) in [5.41, 5.74) is 1.23. The third-order valence-corrected chi connectivity index (χ3v) is 3.45. The van der Waals surface area contributed by atoms with Crippen LogP contribution in [0.3, 0.4) is 0 Å². The number of aliphatic imine (C=N–C) groups is 1. The molecule has 1 atom stereocenters. The SMILES string of the molecule is CCCCCn1ccnc1C=N[C@@H](C)c1ccccc1. The molecule has 0 bridgehead atoms. The first-order valence-electron chi connectivity index (χ1n) is 7.40. The van der Waals surface area contributed by atoms with Gasteiger partial charge in [0.25, 0.3) is 0 Å². The zero-order chi connectivity index (χ0) is 14.2. The smallest absolute Gasteiger partial charge is 0.150 e. The first kappa shape index (κ1) is 14.5. The van der Waals surface area contributed by atoms with Crippen molar-refractivity contribution in [1.29, 1.82) is 0 Å². The molecule has 106 valence electrons. The summed E-state index contributed by atoms with van der Waals surface area (Å²) < 4.78 is 2.18. The van der Waals surface area contributed by atoms with Crippen molar-refractivity contribution in [3.8, 4) is 0 Å². The normalized spacial score (nSPS) is 12.9. The standard InChI is InChI=1S/C17H23N3/c1-3-4-8-12-20-13-11-18-17(20)14-19-15(2)16-9-6-5-7-10-16/h5-7,9-11,13-15H,3-4,8,12H2,1-2H3/t15-/m0/s1. The molecule has 2 aromatic rings. The zero-order valence-electron chi connectivity index (χ0n) is 12.4. The van der Waals surface area contributed by atoms with Crippen molar-refractivity contribution >= 4 is 6.21 Å². The Kier molecular flexibility index (Phi) is 5.54. The maximum Gasteiger partial charge on any atom is 0.150 e. The summed E-state index contributed by atoms with van der Waals surface area (Å²) in [6.45, 7) is 5.35. The van der Waals surface area contributed by atoms with Gasteiger partial charge in [-0.15, -0.1) is 0 Å². The van der Waals surface area contributed by atoms with Crippen LogP contribution in [0.4, 0.5) is 0 Å². The van der Waals surface area contributed by atoms with E-state index in [1.807, 2.05) is 36.8 Å². The number of imidazole rings is 1. The first-order chi connectivity index (χ1) is 9.81. The fourth-order valence-electron chi connectivity index (χ4n) is 2.17. The molecule has 0 amide bonds. The molecule has 1 aromatic carbocycles. The lowest BCUT2D eigenvalue weighted by Crippen LogP contribution is -2.03. The van der Waals surface area contributed by atoms with E-state index in [9.17, 15) is 0 Å². The van der Waals surface area contributed by atoms with Crippen LogP contribution in [0, 0.1) is 0 Å². The van der Waals surface area contributed by atoms with Crippen LogP contribution in [-0.2, 0) is 6.54 Å². The Morgan fingerprint density at radius 3 is 2.80 bits per heavy atom. The summed E-state index contributed by atoms with van der Waals surface area (Å²) >= 11 is 0. The molecule has 1 heterocycles. The highest BCUT2D eigenvalue weighted by molar-refractivity contribution is 5.75. The summed E-state index contributed by atoms with van der Waals surface area (Å²) in [6.07, 6.45) is 9.47. The molecule has 0 radical (unpaired) electrons. The molecule has 0 aliphatic heterocycles. The maximum atomic E-state index is 4.62. The van der Waals surface area contributed by atoms with E-state index < -0.39 is 0 Å². The Morgan fingerprint density at radius 2 is 2.05 bits per heavy atom. The quantitative estimate of drug-likeness (QED) is 0.546. The van der Waals surface area contributed by atoms with Gasteiger partial charge in [0.15, 0.2) is 5.82 Å². The van der Waals surface area contributed by atoms with E-state index in [0.29, 0.717) is 0 Å². The van der Waals surface area contributed by atoms with Gasteiger partial charge in [-0.3, -0.25) is 4.99 Å². The molecule has 0 aliphatic carbocycles. The van der Waals surface area contributed by atoms with E-state index in [2.05, 4.69) is 40.5 Å². The number of rotatable bonds is 7. The Morgan fingerprint density at radius 1 is 1.25 bits per heavy atom. The molecule has 1 aromatic heterocycles. The van der Waals surface area contributed by atoms with Crippen molar-refractivity contribution < 1.29 is 0 Å². The Hall–Kier alpha value is -1.90. The molecular weight excluding hydrogens is 246 g/mol. The summed E-state index contributed by atoms with van der Waals surface area (Å²) in [6, 6.07) is 10.5. The molecule has 2 rings (SSSR count). The largest absolute Gasteiger partial charge is 0.330 e. The summed E-state index contributed by atoms with van der Waals surface area (Å²) in [7, 11) is 0. The van der Waals surface area contributed by atoms with Crippen LogP contribution in [0.15, 0.2) is 47.7 Å². The fraction of sp³-hybridized carbons (Fsp3) is 0.412. The van der Waals surface area contributed by atoms with Crippen LogP contribution in [-0.4, -0.2) is 15.8 Å². The minimum Gasteiger partial charge on any atom is -0.330 e. The molecule has 0 N–H and O–H groups in total. The average molecular weight is 269 g/mol. The second kappa shape index (κ2) is 7.63. The van der Waals surface area contributed by atoms with Crippen molar-refractivity contribution in [1.82, 2.24) is 9.55 Å². The van der Waals surface area contributed by atoms with Crippen molar-refractivity contribution in [2.75, 3.05) is 0 Å². The van der Waals surface area contributed by atoms with E-state index in [0.717, 1.165) is 12.4 Å². The predicted molar refractivity (Wildman–Crippen MR) is 84.2 cm³/mol. The third-order valence-electron chi connectivity index (χ3n) is 3.45. The number of hydrogen-bond acceptors (Lipinski definition) is 2. The van der Waals surface area contributed by atoms with Crippen LogP contribution in [0.5, 0.6) is 0 Å². The van der Waals surface area contributed by atoms with Crippen LogP contribution in [0.2, 0.25) is 0 Å². The van der Waals surface area contributed by atoms with Crippen molar-refractivity contribution in [2.45, 2.75) is 45.7 Å². The van der Waals surface area contributed by atoms with Gasteiger partial charge in [0.1, 0.15) is 0 Å². The van der Waals surface area contributed by atoms with Gasteiger partial charge < -0.3 is 4.57 Å². The third kappa shape index (κ3) is 4.05. The summed E-state index contributed by atoms with van der Waals surface area (Å²) in [5, 5.41) is 0. The summed E-state index contributed by atoms with van der Waals surface area (Å²) in [4.78, 5) is 8.99. The van der Waals surface area contributed by atoms with Crippen LogP contribution >= 0.6 is 0 Å². The fourth-order valence-corrected chi connectivity index (χ4v) is 2.17. The van der Waals surface area contributed by atoms with Crippen LogP contribution in [0.1, 0.15) is 50.5 Å². The Bertz CT molecular complexity index is 528. The average Bonchev–Trinajstić information content (AvgIpc) is 2.93. The number of aryl methyl sites for hydroxylation is 1. The molecule has 3 heteroatoms. The highest BCUT2D eigenvalue weighted by Gasteiger charge is 2.03. The number of nitrogens with zero attached hydrogens (tertiary/aromatic N) is 3. The number of hydrogen-bond donors (Lipinski definition) is 0. The van der Waals surface area contributed by atoms with Gasteiger partial charge in [0.05, 0.1) is 12.3 Å². The van der Waals surface area contributed by atoms with Gasteiger partial charge in [-0.2, -0.15) is 0 Å². The highest BCUT2D eigenvalue weighted by atomic mass is 15.1. The Balaban J connectivity index is 1.99. The lowest BCUT2D eigenvalue weighted by Gasteiger charge is -2.07. The van der Waals surface area contributed by atoms with Crippen molar-refractivity contribution in [3.63, 3.8) is 0 Å². The van der Waals surface area contributed by atoms with Gasteiger partial charge in [0.2, 0.25) is 0 Å². The van der Waals surface area contributed by atoms with E-state index in [1.165, 1.54) is 24.8 Å². The first-order valence-corrected chi connectivity index (χ1v) is 7.40. The van der Waals surface area contributed by atoms with Gasteiger partial charge in [-0.05, 0) is 18.9 Å². The molecule has 0 aliphatic rings. The number of unbranched alkanes of at least 4 members (excludes halogenated alkanes) is 2. The minimum absolute atomic E-state index is 0.164. The molecule has 0 saturated carbocycles. The lowest BCUT2D eigenvalue weighted by atomic mass is 10.1. The second-order valence-corrected chi connectivity index (χ2v) is 5.05. The van der Waals surface area contributed by atoms with Crippen LogP contribution in [0.25, 0.3) is 0 Å². The second-order valence-electron chi connectivity index (χ2n) is 5.05. The van der Waals surface area contributed by atoms with Gasteiger partial charge in [0, 0.05) is 18.9 Å². The van der Waals surface area contributed by atoms with E-state index in [1.54, 1.807) is 0 Å². The molecule has 0 spiro atoms. The molecule has 3 nitrogen and oxygen atoms in total. The highest BCUT2D eigenvalue weighted by Crippen LogP contribution is 2.15. The van der Waals surface area contributed by atoms with Crippen molar-refractivity contribution in [2.24, 2.45) is 4.99 Å². The molecule has 0 unspecified atom stereocenters. The number of benzene rings is 1. The van der Waals surface area contributed by atoms with E-state index in [-0.39, 0.29) is 6.04 Å². The van der Waals surface area contributed by atoms with Gasteiger partial charge in [-0.25, -0.2) is 4.98 Å². The van der Waals surface area contributed by atoms with Crippen LogP contribution < -0.4 is 0 Å². The molecular formula is C17H23N3. The monoisotopic (exact) mass is 269 g/mol. The molecule has 0 saturated heterocycles. The molecule has 20 heavy (non-hydrogen) atoms. The summed E-state index contributed by atoms with van der Waals surface area (Å²) in [5.74, 6) is 0.948. The van der Waals surface area contributed by atoms with Crippen molar-refractivity contribution in [3.05, 3.63) is 54.1 Å². The minimum atomic E-state index is 0.164. The van der Waals surface area contributed by atoms with Gasteiger partial charge in [-0.1, -0.05) is 50.1 Å².